The van der Waals surface area contributed by atoms with Crippen LogP contribution in [0.5, 0.6) is 0 Å². The molecule has 1 atom stereocenters. The number of aromatic nitrogens is 3. The number of piperidine rings is 1. The van der Waals surface area contributed by atoms with Gasteiger partial charge in [-0.05, 0) is 19.4 Å². The third-order valence-electron chi connectivity index (χ3n) is 4.03. The van der Waals surface area contributed by atoms with Gasteiger partial charge in [0.05, 0.1) is 19.2 Å². The molecule has 114 valence electrons. The summed E-state index contributed by atoms with van der Waals surface area (Å²) in [5.41, 5.74) is 0. The Hall–Kier alpha value is -1.24. The molecule has 0 N–H and O–H groups in total. The van der Waals surface area contributed by atoms with Gasteiger partial charge in [0.1, 0.15) is 10.8 Å². The molecule has 0 spiro atoms. The van der Waals surface area contributed by atoms with Crippen LogP contribution in [0, 0.1) is 0 Å². The Bertz CT molecular complexity index is 540. The minimum absolute atomic E-state index is 0.450. The highest BCUT2D eigenvalue weighted by atomic mass is 32.1. The van der Waals surface area contributed by atoms with Crippen molar-refractivity contribution in [1.29, 1.82) is 0 Å². The van der Waals surface area contributed by atoms with Crippen molar-refractivity contribution < 1.29 is 4.74 Å². The molecule has 3 heterocycles. The third kappa shape index (κ3) is 3.51. The minimum atomic E-state index is 0.450. The fourth-order valence-electron chi connectivity index (χ4n) is 2.93. The van der Waals surface area contributed by atoms with Crippen LogP contribution in [0.15, 0.2) is 24.0 Å². The smallest absolute Gasteiger partial charge is 0.122 e. The van der Waals surface area contributed by atoms with Gasteiger partial charge >= 0.3 is 0 Å². The van der Waals surface area contributed by atoms with Crippen LogP contribution in [0.4, 0.5) is 0 Å². The number of hydrogen-bond acceptors (Lipinski definition) is 5. The summed E-state index contributed by atoms with van der Waals surface area (Å²) in [6, 6.07) is 0.450. The summed E-state index contributed by atoms with van der Waals surface area (Å²) in [7, 11) is 1.74. The predicted octanol–water partition coefficient (Wildman–Crippen LogP) is 2.71. The van der Waals surface area contributed by atoms with Crippen molar-refractivity contribution in [2.24, 2.45) is 0 Å². The van der Waals surface area contributed by atoms with Crippen molar-refractivity contribution in [2.45, 2.75) is 38.4 Å². The molecule has 2 aromatic heterocycles. The molecule has 2 aromatic rings. The fourth-order valence-corrected chi connectivity index (χ4v) is 3.73. The number of imidazole rings is 1. The molecule has 0 aromatic carbocycles. The summed E-state index contributed by atoms with van der Waals surface area (Å²) >= 11 is 1.76. The lowest BCUT2D eigenvalue weighted by atomic mass is 10.0. The maximum atomic E-state index is 5.17. The molecule has 1 aliphatic heterocycles. The van der Waals surface area contributed by atoms with E-state index in [0.717, 1.165) is 32.1 Å². The lowest BCUT2D eigenvalue weighted by molar-refractivity contribution is 0.132. The van der Waals surface area contributed by atoms with E-state index in [9.17, 15) is 0 Å². The van der Waals surface area contributed by atoms with Crippen molar-refractivity contribution in [3.8, 4) is 0 Å². The summed E-state index contributed by atoms with van der Waals surface area (Å²) in [5.74, 6) is 1.12. The first-order valence-electron chi connectivity index (χ1n) is 7.51. The average Bonchev–Trinajstić information content (AvgIpc) is 3.17. The molecular formula is C15H22N4OS. The third-order valence-corrected chi connectivity index (χ3v) is 4.91. The van der Waals surface area contributed by atoms with E-state index in [1.165, 1.54) is 24.3 Å². The topological polar surface area (TPSA) is 43.2 Å². The Morgan fingerprint density at radius 3 is 3.10 bits per heavy atom. The number of nitrogens with zero attached hydrogens (tertiary/aromatic N) is 4. The monoisotopic (exact) mass is 306 g/mol. The van der Waals surface area contributed by atoms with Crippen LogP contribution in [0.1, 0.15) is 36.1 Å². The fraction of sp³-hybridized carbons (Fsp3) is 0.600. The highest BCUT2D eigenvalue weighted by Crippen LogP contribution is 2.32. The van der Waals surface area contributed by atoms with Crippen LogP contribution in [0.25, 0.3) is 0 Å². The second-order valence-corrected chi connectivity index (χ2v) is 6.31. The van der Waals surface area contributed by atoms with Crippen LogP contribution < -0.4 is 0 Å². The van der Waals surface area contributed by atoms with E-state index in [0.29, 0.717) is 6.04 Å². The molecular weight excluding hydrogens is 284 g/mol. The first kappa shape index (κ1) is 14.7. The molecule has 6 heteroatoms. The van der Waals surface area contributed by atoms with Gasteiger partial charge in [-0.1, -0.05) is 6.42 Å². The van der Waals surface area contributed by atoms with Gasteiger partial charge in [-0.2, -0.15) is 0 Å². The second kappa shape index (κ2) is 7.15. The minimum Gasteiger partial charge on any atom is -0.383 e. The van der Waals surface area contributed by atoms with Gasteiger partial charge in [0.2, 0.25) is 0 Å². The number of hydrogen-bond donors (Lipinski definition) is 0. The van der Waals surface area contributed by atoms with Gasteiger partial charge in [0, 0.05) is 37.6 Å². The van der Waals surface area contributed by atoms with Crippen LogP contribution in [0.3, 0.4) is 0 Å². The standard InChI is InChI=1S/C15H22N4OS/c1-20-10-9-18-8-5-16-14(18)12-19-7-3-2-4-13(19)15-17-6-11-21-15/h5-6,8,11,13H,2-4,7,9-10,12H2,1H3. The molecule has 3 rings (SSSR count). The zero-order chi connectivity index (χ0) is 14.5. The second-order valence-electron chi connectivity index (χ2n) is 5.38. The lowest BCUT2D eigenvalue weighted by Crippen LogP contribution is -2.34. The van der Waals surface area contributed by atoms with Gasteiger partial charge in [-0.25, -0.2) is 9.97 Å². The van der Waals surface area contributed by atoms with Gasteiger partial charge in [0.15, 0.2) is 0 Å². The Morgan fingerprint density at radius 2 is 2.29 bits per heavy atom. The highest BCUT2D eigenvalue weighted by molar-refractivity contribution is 7.09. The molecule has 21 heavy (non-hydrogen) atoms. The molecule has 1 unspecified atom stereocenters. The van der Waals surface area contributed by atoms with Crippen LogP contribution in [0.2, 0.25) is 0 Å². The Morgan fingerprint density at radius 1 is 1.33 bits per heavy atom. The van der Waals surface area contributed by atoms with Gasteiger partial charge in [-0.3, -0.25) is 4.90 Å². The lowest BCUT2D eigenvalue weighted by Gasteiger charge is -2.34. The highest BCUT2D eigenvalue weighted by Gasteiger charge is 2.26. The van der Waals surface area contributed by atoms with E-state index in [1.54, 1.807) is 18.4 Å². The maximum Gasteiger partial charge on any atom is 0.122 e. The van der Waals surface area contributed by atoms with Crippen molar-refractivity contribution in [1.82, 2.24) is 19.4 Å². The van der Waals surface area contributed by atoms with Crippen LogP contribution in [-0.2, 0) is 17.8 Å². The van der Waals surface area contributed by atoms with Crippen molar-refractivity contribution >= 4 is 11.3 Å². The predicted molar refractivity (Wildman–Crippen MR) is 83.2 cm³/mol. The summed E-state index contributed by atoms with van der Waals surface area (Å²) in [6.07, 6.45) is 9.59. The molecule has 0 radical (unpaired) electrons. The number of ether oxygens (including phenoxy) is 1. The maximum absolute atomic E-state index is 5.17. The molecule has 0 bridgehead atoms. The van der Waals surface area contributed by atoms with E-state index in [1.807, 2.05) is 18.6 Å². The molecule has 0 amide bonds. The van der Waals surface area contributed by atoms with Gasteiger partial charge < -0.3 is 9.30 Å². The normalized spacial score (nSPS) is 20.0. The molecule has 1 fully saturated rings. The summed E-state index contributed by atoms with van der Waals surface area (Å²) in [5, 5.41) is 3.31. The zero-order valence-corrected chi connectivity index (χ0v) is 13.3. The van der Waals surface area contributed by atoms with Gasteiger partial charge in [-0.15, -0.1) is 11.3 Å². The first-order chi connectivity index (χ1) is 10.4. The summed E-state index contributed by atoms with van der Waals surface area (Å²) < 4.78 is 7.36. The SMILES string of the molecule is COCCn1ccnc1CN1CCCCC1c1nccs1. The summed E-state index contributed by atoms with van der Waals surface area (Å²) in [6.45, 7) is 3.60. The van der Waals surface area contributed by atoms with Crippen molar-refractivity contribution in [2.75, 3.05) is 20.3 Å². The van der Waals surface area contributed by atoms with Gasteiger partial charge in [0.25, 0.3) is 0 Å². The zero-order valence-electron chi connectivity index (χ0n) is 12.4. The Kier molecular flexibility index (Phi) is 5.00. The Labute approximate surface area is 129 Å². The molecule has 1 saturated heterocycles. The van der Waals surface area contributed by atoms with Crippen molar-refractivity contribution in [3.63, 3.8) is 0 Å². The average molecular weight is 306 g/mol. The molecule has 1 aliphatic rings. The molecule has 0 aliphatic carbocycles. The number of rotatable bonds is 6. The first-order valence-corrected chi connectivity index (χ1v) is 8.39. The van der Waals surface area contributed by atoms with E-state index < -0.39 is 0 Å². The number of methoxy groups -OCH3 is 1. The van der Waals surface area contributed by atoms with Crippen LogP contribution in [-0.4, -0.2) is 39.7 Å². The van der Waals surface area contributed by atoms with E-state index in [4.69, 9.17) is 4.74 Å². The summed E-state index contributed by atoms with van der Waals surface area (Å²) in [4.78, 5) is 11.6. The number of thiazole rings is 1. The van der Waals surface area contributed by atoms with E-state index in [-0.39, 0.29) is 0 Å². The molecule has 5 nitrogen and oxygen atoms in total. The van der Waals surface area contributed by atoms with E-state index >= 15 is 0 Å². The number of likely N-dealkylation sites (tertiary alicyclic amines) is 1. The quantitative estimate of drug-likeness (QED) is 0.823. The largest absolute Gasteiger partial charge is 0.383 e. The molecule has 0 saturated carbocycles. The van der Waals surface area contributed by atoms with E-state index in [2.05, 4.69) is 24.8 Å². The van der Waals surface area contributed by atoms with Crippen molar-refractivity contribution in [3.05, 3.63) is 34.8 Å². The Balaban J connectivity index is 1.71. The van der Waals surface area contributed by atoms with Crippen LogP contribution >= 0.6 is 11.3 Å².